The van der Waals surface area contributed by atoms with Gasteiger partial charge in [-0.1, -0.05) is 30.4 Å². The van der Waals surface area contributed by atoms with Crippen molar-refractivity contribution < 1.29 is 14.3 Å². The quantitative estimate of drug-likeness (QED) is 0.289. The standard InChI is InChI=1S/C16H15N3O3S/c1-2-17-16(23)14(18-9-4-3-5-10-18)15(20)12-7-6-8-13(11-12)19(21)22/h3-11,14H,2H2,1H3/p+1. The number of nitrogens with one attached hydrogen (secondary N) is 1. The molecule has 2 rings (SSSR count). The molecule has 0 fully saturated rings. The number of ketones is 1. The van der Waals surface area contributed by atoms with Crippen molar-refractivity contribution in [3.63, 3.8) is 0 Å². The number of carbonyl (C=O) groups is 1. The molecule has 118 valence electrons. The molecule has 0 saturated carbocycles. The Bertz CT molecular complexity index is 734. The van der Waals surface area contributed by atoms with E-state index >= 15 is 0 Å². The van der Waals surface area contributed by atoms with Crippen molar-refractivity contribution in [3.05, 3.63) is 70.5 Å². The van der Waals surface area contributed by atoms with E-state index in [4.69, 9.17) is 12.2 Å². The van der Waals surface area contributed by atoms with Crippen molar-refractivity contribution in [2.45, 2.75) is 13.0 Å². The van der Waals surface area contributed by atoms with E-state index in [-0.39, 0.29) is 17.0 Å². The van der Waals surface area contributed by atoms with Gasteiger partial charge < -0.3 is 5.32 Å². The summed E-state index contributed by atoms with van der Waals surface area (Å²) in [5, 5.41) is 13.9. The molecule has 0 saturated heterocycles. The molecule has 0 radical (unpaired) electrons. The predicted octanol–water partition coefficient (Wildman–Crippen LogP) is 2.24. The number of nitro groups is 1. The number of nitro benzene ring substituents is 1. The molecule has 0 aliphatic carbocycles. The fraction of sp³-hybridized carbons (Fsp3) is 0.188. The second kappa shape index (κ2) is 7.55. The first kappa shape index (κ1) is 16.7. The van der Waals surface area contributed by atoms with Crippen LogP contribution < -0.4 is 9.88 Å². The number of likely N-dealkylation sites (N-methyl/N-ethyl adjacent to an activating group) is 1. The highest BCUT2D eigenvalue weighted by Gasteiger charge is 2.33. The van der Waals surface area contributed by atoms with Crippen LogP contribution in [0.15, 0.2) is 54.9 Å². The fourth-order valence-electron chi connectivity index (χ4n) is 2.18. The van der Waals surface area contributed by atoms with Gasteiger partial charge in [0, 0.05) is 36.4 Å². The first-order valence-electron chi connectivity index (χ1n) is 7.06. The van der Waals surface area contributed by atoms with E-state index < -0.39 is 11.0 Å². The largest absolute Gasteiger partial charge is 0.374 e. The van der Waals surface area contributed by atoms with Gasteiger partial charge in [0.2, 0.25) is 5.78 Å². The van der Waals surface area contributed by atoms with Crippen molar-refractivity contribution in [2.24, 2.45) is 0 Å². The number of rotatable bonds is 6. The summed E-state index contributed by atoms with van der Waals surface area (Å²) in [5.41, 5.74) is 0.128. The summed E-state index contributed by atoms with van der Waals surface area (Å²) in [6.45, 7) is 2.47. The summed E-state index contributed by atoms with van der Waals surface area (Å²) < 4.78 is 1.69. The summed E-state index contributed by atoms with van der Waals surface area (Å²) in [7, 11) is 0. The molecule has 2 aromatic rings. The molecule has 1 aromatic heterocycles. The van der Waals surface area contributed by atoms with Crippen LogP contribution in [0.5, 0.6) is 0 Å². The number of hydrogen-bond donors (Lipinski definition) is 1. The van der Waals surface area contributed by atoms with Gasteiger partial charge in [-0.2, -0.15) is 4.57 Å². The van der Waals surface area contributed by atoms with Gasteiger partial charge in [0.1, 0.15) is 0 Å². The van der Waals surface area contributed by atoms with E-state index in [1.807, 2.05) is 13.0 Å². The highest BCUT2D eigenvalue weighted by atomic mass is 32.1. The van der Waals surface area contributed by atoms with E-state index in [0.29, 0.717) is 11.5 Å². The van der Waals surface area contributed by atoms with Crippen LogP contribution in [-0.4, -0.2) is 22.2 Å². The third kappa shape index (κ3) is 3.95. The molecule has 7 heteroatoms. The van der Waals surface area contributed by atoms with Crippen molar-refractivity contribution >= 4 is 28.7 Å². The number of hydrogen-bond acceptors (Lipinski definition) is 4. The molecule has 0 aliphatic heterocycles. The smallest absolute Gasteiger partial charge is 0.270 e. The number of aromatic nitrogens is 1. The van der Waals surface area contributed by atoms with Gasteiger partial charge in [-0.15, -0.1) is 0 Å². The van der Waals surface area contributed by atoms with E-state index in [2.05, 4.69) is 5.32 Å². The van der Waals surface area contributed by atoms with Crippen molar-refractivity contribution in [2.75, 3.05) is 6.54 Å². The Morgan fingerprint density at radius 1 is 1.30 bits per heavy atom. The number of carbonyl (C=O) groups excluding carboxylic acids is 1. The maximum Gasteiger partial charge on any atom is 0.270 e. The lowest BCUT2D eigenvalue weighted by atomic mass is 10.0. The summed E-state index contributed by atoms with van der Waals surface area (Å²) in [6.07, 6.45) is 3.48. The molecule has 23 heavy (non-hydrogen) atoms. The number of benzene rings is 1. The van der Waals surface area contributed by atoms with Gasteiger partial charge in [0.25, 0.3) is 11.7 Å². The number of pyridine rings is 1. The number of Topliss-reactive ketones (excluding diaryl/α,β-unsaturated/α-hetero) is 1. The van der Waals surface area contributed by atoms with E-state index in [9.17, 15) is 14.9 Å². The summed E-state index contributed by atoms with van der Waals surface area (Å²) in [6, 6.07) is 10.4. The van der Waals surface area contributed by atoms with Crippen LogP contribution in [0.2, 0.25) is 0 Å². The zero-order chi connectivity index (χ0) is 16.8. The number of thiocarbonyl (C=S) groups is 1. The van der Waals surface area contributed by atoms with Gasteiger partial charge in [-0.25, -0.2) is 0 Å². The predicted molar refractivity (Wildman–Crippen MR) is 89.4 cm³/mol. The third-order valence-corrected chi connectivity index (χ3v) is 3.59. The Hall–Kier alpha value is -2.67. The van der Waals surface area contributed by atoms with E-state index in [1.54, 1.807) is 35.2 Å². The lowest BCUT2D eigenvalue weighted by Crippen LogP contribution is -2.51. The molecule has 1 unspecified atom stereocenters. The average Bonchev–Trinajstić information content (AvgIpc) is 2.56. The van der Waals surface area contributed by atoms with Crippen molar-refractivity contribution in [1.82, 2.24) is 5.32 Å². The molecular weight excluding hydrogens is 314 g/mol. The van der Waals surface area contributed by atoms with Crippen LogP contribution in [0.4, 0.5) is 5.69 Å². The first-order chi connectivity index (χ1) is 11.0. The molecule has 1 aromatic carbocycles. The summed E-state index contributed by atoms with van der Waals surface area (Å²) in [5.74, 6) is -0.296. The Balaban J connectivity index is 2.43. The molecule has 0 amide bonds. The lowest BCUT2D eigenvalue weighted by molar-refractivity contribution is -0.692. The fourth-order valence-corrected chi connectivity index (χ4v) is 2.55. The van der Waals surface area contributed by atoms with Crippen LogP contribution in [0.25, 0.3) is 0 Å². The van der Waals surface area contributed by atoms with E-state index in [0.717, 1.165) is 0 Å². The minimum Gasteiger partial charge on any atom is -0.374 e. The molecule has 1 N–H and O–H groups in total. The molecule has 1 heterocycles. The van der Waals surface area contributed by atoms with Gasteiger partial charge in [-0.05, 0) is 6.92 Å². The summed E-state index contributed by atoms with van der Waals surface area (Å²) >= 11 is 5.33. The van der Waals surface area contributed by atoms with Crippen LogP contribution in [-0.2, 0) is 0 Å². The number of nitrogens with zero attached hydrogens (tertiary/aromatic N) is 2. The van der Waals surface area contributed by atoms with Crippen LogP contribution in [0, 0.1) is 10.1 Å². The van der Waals surface area contributed by atoms with Crippen molar-refractivity contribution in [1.29, 1.82) is 0 Å². The van der Waals surface area contributed by atoms with Crippen LogP contribution in [0.3, 0.4) is 0 Å². The second-order valence-corrected chi connectivity index (χ2v) is 5.23. The second-order valence-electron chi connectivity index (χ2n) is 4.79. The average molecular weight is 330 g/mol. The normalized spacial score (nSPS) is 11.5. The molecular formula is C16H16N3O3S+. The Morgan fingerprint density at radius 3 is 2.61 bits per heavy atom. The molecule has 0 spiro atoms. The Kier molecular flexibility index (Phi) is 5.48. The SMILES string of the molecule is CCNC(=S)C(C(=O)c1cccc([N+](=O)[O-])c1)[n+]1ccccc1. The highest BCUT2D eigenvalue weighted by Crippen LogP contribution is 2.17. The lowest BCUT2D eigenvalue weighted by Gasteiger charge is -2.13. The molecule has 6 nitrogen and oxygen atoms in total. The third-order valence-electron chi connectivity index (χ3n) is 3.23. The zero-order valence-electron chi connectivity index (χ0n) is 12.5. The topological polar surface area (TPSA) is 76.1 Å². The molecule has 1 atom stereocenters. The molecule has 0 aliphatic rings. The number of non-ortho nitro benzene ring substituents is 1. The van der Waals surface area contributed by atoms with Gasteiger partial charge in [0.05, 0.1) is 4.92 Å². The van der Waals surface area contributed by atoms with Gasteiger partial charge >= 0.3 is 0 Å². The summed E-state index contributed by atoms with van der Waals surface area (Å²) in [4.78, 5) is 23.6. The van der Waals surface area contributed by atoms with Crippen molar-refractivity contribution in [3.8, 4) is 0 Å². The first-order valence-corrected chi connectivity index (χ1v) is 7.47. The Morgan fingerprint density at radius 2 is 2.00 bits per heavy atom. The van der Waals surface area contributed by atoms with Crippen LogP contribution in [0.1, 0.15) is 23.3 Å². The molecule has 0 bridgehead atoms. The van der Waals surface area contributed by atoms with Crippen LogP contribution >= 0.6 is 12.2 Å². The highest BCUT2D eigenvalue weighted by molar-refractivity contribution is 7.80. The maximum atomic E-state index is 12.9. The van der Waals surface area contributed by atoms with E-state index in [1.165, 1.54) is 18.2 Å². The zero-order valence-corrected chi connectivity index (χ0v) is 13.3. The minimum atomic E-state index is -0.742. The maximum absolute atomic E-state index is 12.9. The minimum absolute atomic E-state index is 0.123. The van der Waals surface area contributed by atoms with Gasteiger partial charge in [-0.3, -0.25) is 14.9 Å². The Labute approximate surface area is 138 Å². The van der Waals surface area contributed by atoms with Gasteiger partial charge in [0.15, 0.2) is 17.4 Å². The monoisotopic (exact) mass is 330 g/mol.